The van der Waals surface area contributed by atoms with Crippen molar-refractivity contribution in [3.63, 3.8) is 0 Å². The monoisotopic (exact) mass is 343 g/mol. The summed E-state index contributed by atoms with van der Waals surface area (Å²) < 4.78 is 5.02. The molecule has 1 aromatic heterocycles. The molecule has 4 N–H and O–H groups in total. The molecule has 25 heavy (non-hydrogen) atoms. The number of rotatable bonds is 7. The minimum absolute atomic E-state index is 0.0803. The highest BCUT2D eigenvalue weighted by Crippen LogP contribution is 2.14. The second kappa shape index (κ2) is 8.14. The SMILES string of the molecule is CCC(C)C(NC(=O)c1cccc(NC(=O)c2ccco2)c1)C(N)=O. The van der Waals surface area contributed by atoms with Gasteiger partial charge in [-0.2, -0.15) is 0 Å². The second-order valence-corrected chi connectivity index (χ2v) is 5.75. The number of carbonyl (C=O) groups is 3. The Morgan fingerprint density at radius 3 is 2.52 bits per heavy atom. The number of primary amides is 1. The molecule has 0 aliphatic carbocycles. The first-order valence-electron chi connectivity index (χ1n) is 7.97. The first-order chi connectivity index (χ1) is 11.9. The van der Waals surface area contributed by atoms with E-state index >= 15 is 0 Å². The predicted octanol–water partition coefficient (Wildman–Crippen LogP) is 2.16. The van der Waals surface area contributed by atoms with E-state index < -0.39 is 23.8 Å². The maximum atomic E-state index is 12.4. The summed E-state index contributed by atoms with van der Waals surface area (Å²) in [6.45, 7) is 3.76. The van der Waals surface area contributed by atoms with Gasteiger partial charge in [-0.05, 0) is 36.2 Å². The number of hydrogen-bond acceptors (Lipinski definition) is 4. The lowest BCUT2D eigenvalue weighted by molar-refractivity contribution is -0.120. The number of carbonyl (C=O) groups excluding carboxylic acids is 3. The van der Waals surface area contributed by atoms with Crippen molar-refractivity contribution >= 4 is 23.4 Å². The maximum absolute atomic E-state index is 12.4. The van der Waals surface area contributed by atoms with Crippen molar-refractivity contribution in [2.45, 2.75) is 26.3 Å². The van der Waals surface area contributed by atoms with Crippen molar-refractivity contribution in [3.05, 3.63) is 54.0 Å². The molecule has 132 valence electrons. The molecule has 3 amide bonds. The Balaban J connectivity index is 2.10. The molecule has 2 rings (SSSR count). The van der Waals surface area contributed by atoms with E-state index in [-0.39, 0.29) is 11.7 Å². The summed E-state index contributed by atoms with van der Waals surface area (Å²) in [6, 6.07) is 8.79. The summed E-state index contributed by atoms with van der Waals surface area (Å²) in [5, 5.41) is 5.29. The van der Waals surface area contributed by atoms with Crippen LogP contribution in [0.4, 0.5) is 5.69 Å². The van der Waals surface area contributed by atoms with E-state index in [4.69, 9.17) is 10.2 Å². The number of anilines is 1. The minimum atomic E-state index is -0.751. The summed E-state index contributed by atoms with van der Waals surface area (Å²) in [6.07, 6.45) is 2.10. The smallest absolute Gasteiger partial charge is 0.291 e. The normalized spacial score (nSPS) is 12.9. The van der Waals surface area contributed by atoms with Gasteiger partial charge in [0.15, 0.2) is 5.76 Å². The molecule has 0 aliphatic rings. The molecule has 0 radical (unpaired) electrons. The van der Waals surface area contributed by atoms with E-state index in [9.17, 15) is 14.4 Å². The van der Waals surface area contributed by atoms with Gasteiger partial charge in [0.25, 0.3) is 11.8 Å². The van der Waals surface area contributed by atoms with E-state index in [2.05, 4.69) is 10.6 Å². The Hall–Kier alpha value is -3.09. The highest BCUT2D eigenvalue weighted by atomic mass is 16.3. The van der Waals surface area contributed by atoms with Gasteiger partial charge in [0.2, 0.25) is 5.91 Å². The molecule has 0 bridgehead atoms. The molecule has 1 heterocycles. The second-order valence-electron chi connectivity index (χ2n) is 5.75. The molecule has 7 nitrogen and oxygen atoms in total. The van der Waals surface area contributed by atoms with Crippen molar-refractivity contribution in [2.24, 2.45) is 11.7 Å². The first kappa shape index (κ1) is 18.3. The third kappa shape index (κ3) is 4.69. The van der Waals surface area contributed by atoms with Crippen molar-refractivity contribution in [1.82, 2.24) is 5.32 Å². The summed E-state index contributed by atoms with van der Waals surface area (Å²) in [5.41, 5.74) is 6.12. The molecule has 7 heteroatoms. The van der Waals surface area contributed by atoms with E-state index in [1.165, 1.54) is 18.4 Å². The van der Waals surface area contributed by atoms with Crippen LogP contribution in [0.5, 0.6) is 0 Å². The lowest BCUT2D eigenvalue weighted by Gasteiger charge is -2.21. The van der Waals surface area contributed by atoms with E-state index in [1.54, 1.807) is 24.3 Å². The molecule has 0 aliphatic heterocycles. The van der Waals surface area contributed by atoms with Crippen LogP contribution in [0.1, 0.15) is 41.2 Å². The fraction of sp³-hybridized carbons (Fsp3) is 0.278. The van der Waals surface area contributed by atoms with Crippen LogP contribution in [-0.4, -0.2) is 23.8 Å². The van der Waals surface area contributed by atoms with E-state index in [0.717, 1.165) is 0 Å². The van der Waals surface area contributed by atoms with Crippen molar-refractivity contribution in [2.75, 3.05) is 5.32 Å². The first-order valence-corrected chi connectivity index (χ1v) is 7.97. The third-order valence-corrected chi connectivity index (χ3v) is 3.93. The van der Waals surface area contributed by atoms with Gasteiger partial charge in [-0.25, -0.2) is 0 Å². The Morgan fingerprint density at radius 2 is 1.92 bits per heavy atom. The maximum Gasteiger partial charge on any atom is 0.291 e. The van der Waals surface area contributed by atoms with Gasteiger partial charge in [-0.3, -0.25) is 14.4 Å². The van der Waals surface area contributed by atoms with Crippen LogP contribution < -0.4 is 16.4 Å². The zero-order valence-corrected chi connectivity index (χ0v) is 14.1. The number of nitrogens with two attached hydrogens (primary N) is 1. The molecular formula is C18H21N3O4. The van der Waals surface area contributed by atoms with E-state index in [1.807, 2.05) is 13.8 Å². The molecule has 0 saturated heterocycles. The zero-order chi connectivity index (χ0) is 18.4. The van der Waals surface area contributed by atoms with Gasteiger partial charge in [0.05, 0.1) is 6.26 Å². The Labute approximate surface area is 145 Å². The van der Waals surface area contributed by atoms with E-state index in [0.29, 0.717) is 17.7 Å². The Kier molecular flexibility index (Phi) is 5.94. The molecule has 0 spiro atoms. The molecule has 0 fully saturated rings. The van der Waals surface area contributed by atoms with Crippen molar-refractivity contribution in [3.8, 4) is 0 Å². The van der Waals surface area contributed by atoms with Crippen LogP contribution in [-0.2, 0) is 4.79 Å². The number of hydrogen-bond donors (Lipinski definition) is 3. The van der Waals surface area contributed by atoms with Gasteiger partial charge in [-0.1, -0.05) is 26.3 Å². The van der Waals surface area contributed by atoms with Crippen LogP contribution in [0.15, 0.2) is 47.1 Å². The van der Waals surface area contributed by atoms with Crippen LogP contribution in [0, 0.1) is 5.92 Å². The van der Waals surface area contributed by atoms with Gasteiger partial charge < -0.3 is 20.8 Å². The molecule has 2 unspecified atom stereocenters. The fourth-order valence-corrected chi connectivity index (χ4v) is 2.29. The topological polar surface area (TPSA) is 114 Å². The highest BCUT2D eigenvalue weighted by Gasteiger charge is 2.24. The number of nitrogens with one attached hydrogen (secondary N) is 2. The van der Waals surface area contributed by atoms with Crippen LogP contribution in [0.2, 0.25) is 0 Å². The lowest BCUT2D eigenvalue weighted by atomic mass is 9.98. The van der Waals surface area contributed by atoms with Crippen LogP contribution in [0.25, 0.3) is 0 Å². The van der Waals surface area contributed by atoms with Crippen molar-refractivity contribution < 1.29 is 18.8 Å². The molecular weight excluding hydrogens is 322 g/mol. The predicted molar refractivity (Wildman–Crippen MR) is 93.0 cm³/mol. The van der Waals surface area contributed by atoms with Gasteiger partial charge in [-0.15, -0.1) is 0 Å². The summed E-state index contributed by atoms with van der Waals surface area (Å²) in [7, 11) is 0. The fourth-order valence-electron chi connectivity index (χ4n) is 2.29. The van der Waals surface area contributed by atoms with Gasteiger partial charge in [0.1, 0.15) is 6.04 Å². The average Bonchev–Trinajstić information content (AvgIpc) is 3.13. The highest BCUT2D eigenvalue weighted by molar-refractivity contribution is 6.03. The van der Waals surface area contributed by atoms with Gasteiger partial charge in [0, 0.05) is 11.3 Å². The van der Waals surface area contributed by atoms with Crippen LogP contribution in [0.3, 0.4) is 0 Å². The largest absolute Gasteiger partial charge is 0.459 e. The zero-order valence-electron chi connectivity index (χ0n) is 14.1. The van der Waals surface area contributed by atoms with Gasteiger partial charge >= 0.3 is 0 Å². The summed E-state index contributed by atoms with van der Waals surface area (Å²) in [5.74, 6) is -1.34. The molecule has 1 aromatic carbocycles. The quantitative estimate of drug-likeness (QED) is 0.714. The average molecular weight is 343 g/mol. The lowest BCUT2D eigenvalue weighted by Crippen LogP contribution is -2.48. The number of furan rings is 1. The molecule has 2 aromatic rings. The number of benzene rings is 1. The third-order valence-electron chi connectivity index (χ3n) is 3.93. The molecule has 0 saturated carbocycles. The van der Waals surface area contributed by atoms with Crippen LogP contribution >= 0.6 is 0 Å². The van der Waals surface area contributed by atoms with Crippen molar-refractivity contribution in [1.29, 1.82) is 0 Å². The Morgan fingerprint density at radius 1 is 1.16 bits per heavy atom. The number of amides is 3. The summed E-state index contributed by atoms with van der Waals surface area (Å²) >= 11 is 0. The Bertz CT molecular complexity index is 755. The summed E-state index contributed by atoms with van der Waals surface area (Å²) in [4.78, 5) is 35.9. The standard InChI is InChI=1S/C18H21N3O4/c1-3-11(2)15(16(19)22)21-17(23)12-6-4-7-13(10-12)20-18(24)14-8-5-9-25-14/h4-11,15H,3H2,1-2H3,(H2,19,22)(H,20,24)(H,21,23). The minimum Gasteiger partial charge on any atom is -0.459 e. The molecule has 2 atom stereocenters.